The van der Waals surface area contributed by atoms with Crippen LogP contribution in [0.5, 0.6) is 0 Å². The lowest BCUT2D eigenvalue weighted by molar-refractivity contribution is 0.0943. The number of thiazole rings is 1. The summed E-state index contributed by atoms with van der Waals surface area (Å²) in [5.74, 6) is -0.464. The van der Waals surface area contributed by atoms with Crippen molar-refractivity contribution in [3.05, 3.63) is 58.6 Å². The Bertz CT molecular complexity index is 903. The van der Waals surface area contributed by atoms with Gasteiger partial charge in [0.1, 0.15) is 10.7 Å². The molecule has 6 nitrogen and oxygen atoms in total. The molecule has 0 saturated carbocycles. The van der Waals surface area contributed by atoms with E-state index in [-0.39, 0.29) is 17.8 Å². The zero-order valence-corrected chi connectivity index (χ0v) is 15.6. The molecule has 8 heteroatoms. The first-order valence-electron chi connectivity index (χ1n) is 8.30. The third-order valence-electron chi connectivity index (χ3n) is 3.99. The summed E-state index contributed by atoms with van der Waals surface area (Å²) in [6, 6.07) is 5.91. The second kappa shape index (κ2) is 7.65. The Balaban J connectivity index is 1.74. The quantitative estimate of drug-likeness (QED) is 0.691. The topological polar surface area (TPSA) is 71.8 Å². The van der Waals surface area contributed by atoms with Gasteiger partial charge in [-0.05, 0) is 45.0 Å². The summed E-state index contributed by atoms with van der Waals surface area (Å²) >= 11 is 1.32. The molecule has 0 saturated heterocycles. The molecule has 0 aliphatic carbocycles. The number of hydrogen-bond acceptors (Lipinski definition) is 5. The van der Waals surface area contributed by atoms with Gasteiger partial charge >= 0.3 is 0 Å². The minimum atomic E-state index is -0.291. The van der Waals surface area contributed by atoms with Gasteiger partial charge in [-0.3, -0.25) is 4.79 Å². The van der Waals surface area contributed by atoms with Crippen LogP contribution in [0, 0.1) is 12.7 Å². The zero-order valence-electron chi connectivity index (χ0n) is 14.8. The van der Waals surface area contributed by atoms with Gasteiger partial charge in [-0.15, -0.1) is 0 Å². The minimum absolute atomic E-state index is 0.173. The molecule has 3 rings (SSSR count). The molecular weight excluding hydrogens is 353 g/mol. The van der Waals surface area contributed by atoms with Crippen LogP contribution >= 0.6 is 11.3 Å². The van der Waals surface area contributed by atoms with Crippen molar-refractivity contribution in [2.24, 2.45) is 0 Å². The number of benzene rings is 1. The number of aromatic nitrogens is 3. The van der Waals surface area contributed by atoms with Crippen molar-refractivity contribution in [2.45, 2.75) is 26.8 Å². The summed E-state index contributed by atoms with van der Waals surface area (Å²) in [6.45, 7) is 6.56. The van der Waals surface area contributed by atoms with E-state index in [1.54, 1.807) is 29.2 Å². The molecule has 2 N–H and O–H groups in total. The van der Waals surface area contributed by atoms with Crippen LogP contribution < -0.4 is 10.6 Å². The van der Waals surface area contributed by atoms with Crippen LogP contribution in [0.2, 0.25) is 0 Å². The van der Waals surface area contributed by atoms with Crippen LogP contribution in [0.4, 0.5) is 9.52 Å². The second-order valence-electron chi connectivity index (χ2n) is 5.83. The van der Waals surface area contributed by atoms with Crippen molar-refractivity contribution in [1.29, 1.82) is 0 Å². The average Bonchev–Trinajstić information content (AvgIpc) is 3.23. The summed E-state index contributed by atoms with van der Waals surface area (Å²) in [5.41, 5.74) is 2.56. The fourth-order valence-corrected chi connectivity index (χ4v) is 3.43. The van der Waals surface area contributed by atoms with Gasteiger partial charge in [-0.1, -0.05) is 11.3 Å². The predicted molar refractivity (Wildman–Crippen MR) is 100 cm³/mol. The van der Waals surface area contributed by atoms with Crippen molar-refractivity contribution < 1.29 is 9.18 Å². The molecule has 2 aromatic heterocycles. The largest absolute Gasteiger partial charge is 0.362 e. The van der Waals surface area contributed by atoms with E-state index < -0.39 is 0 Å². The second-order valence-corrected chi connectivity index (χ2v) is 6.86. The van der Waals surface area contributed by atoms with Crippen LogP contribution in [-0.4, -0.2) is 27.2 Å². The number of nitrogens with one attached hydrogen (secondary N) is 2. The molecule has 2 heterocycles. The monoisotopic (exact) mass is 373 g/mol. The maximum Gasteiger partial charge on any atom is 0.263 e. The maximum atomic E-state index is 13.1. The van der Waals surface area contributed by atoms with E-state index in [2.05, 4.69) is 20.7 Å². The Morgan fingerprint density at radius 2 is 2.04 bits per heavy atom. The van der Waals surface area contributed by atoms with Gasteiger partial charge in [0, 0.05) is 17.8 Å². The molecule has 0 fully saturated rings. The van der Waals surface area contributed by atoms with E-state index >= 15 is 0 Å². The van der Waals surface area contributed by atoms with Gasteiger partial charge in [-0.25, -0.2) is 14.1 Å². The number of carbonyl (C=O) groups excluding carboxylic acids is 1. The molecule has 1 atom stereocenters. The summed E-state index contributed by atoms with van der Waals surface area (Å²) < 4.78 is 14.8. The average molecular weight is 373 g/mol. The lowest BCUT2D eigenvalue weighted by Gasteiger charge is -2.13. The van der Waals surface area contributed by atoms with Crippen molar-refractivity contribution >= 4 is 22.4 Å². The first-order valence-corrected chi connectivity index (χ1v) is 9.12. The predicted octanol–water partition coefficient (Wildman–Crippen LogP) is 3.70. The first kappa shape index (κ1) is 18.1. The van der Waals surface area contributed by atoms with Gasteiger partial charge in [0.25, 0.3) is 5.91 Å². The summed E-state index contributed by atoms with van der Waals surface area (Å²) in [7, 11) is 0. The van der Waals surface area contributed by atoms with Crippen LogP contribution in [-0.2, 0) is 0 Å². The normalized spacial score (nSPS) is 12.0. The standard InChI is InChI=1S/C18H20FN5OS/c1-4-20-18-21-10-16(26-18)17(25)23-11(2)15-9-22-24(12(15)3)14-7-5-13(19)6-8-14/h5-11H,4H2,1-3H3,(H,20,21)(H,23,25). The molecule has 3 aromatic rings. The molecule has 0 spiro atoms. The molecule has 0 radical (unpaired) electrons. The number of carbonyl (C=O) groups is 1. The molecule has 0 aliphatic rings. The Morgan fingerprint density at radius 1 is 1.31 bits per heavy atom. The highest BCUT2D eigenvalue weighted by atomic mass is 32.1. The number of hydrogen-bond donors (Lipinski definition) is 2. The SMILES string of the molecule is CCNc1ncc(C(=O)NC(C)c2cnn(-c3ccc(F)cc3)c2C)s1. The highest BCUT2D eigenvalue weighted by Gasteiger charge is 2.18. The van der Waals surface area contributed by atoms with Gasteiger partial charge in [0.2, 0.25) is 0 Å². The van der Waals surface area contributed by atoms with Crippen LogP contribution in [0.25, 0.3) is 5.69 Å². The van der Waals surface area contributed by atoms with Gasteiger partial charge in [0.05, 0.1) is 24.1 Å². The Hall–Kier alpha value is -2.74. The van der Waals surface area contributed by atoms with E-state index in [0.29, 0.717) is 4.88 Å². The smallest absolute Gasteiger partial charge is 0.263 e. The molecule has 136 valence electrons. The number of amides is 1. The number of rotatable bonds is 6. The van der Waals surface area contributed by atoms with E-state index in [0.717, 1.165) is 28.6 Å². The maximum absolute atomic E-state index is 13.1. The molecule has 1 aromatic carbocycles. The summed E-state index contributed by atoms with van der Waals surface area (Å²) in [6.07, 6.45) is 3.29. The molecule has 0 bridgehead atoms. The van der Waals surface area contributed by atoms with E-state index in [1.807, 2.05) is 20.8 Å². The highest BCUT2D eigenvalue weighted by Crippen LogP contribution is 2.22. The van der Waals surface area contributed by atoms with Crippen LogP contribution in [0.15, 0.2) is 36.7 Å². The Labute approximate surface area is 155 Å². The van der Waals surface area contributed by atoms with Crippen LogP contribution in [0.1, 0.15) is 40.8 Å². The molecule has 1 amide bonds. The molecule has 1 unspecified atom stereocenters. The fourth-order valence-electron chi connectivity index (χ4n) is 2.65. The van der Waals surface area contributed by atoms with Gasteiger partial charge < -0.3 is 10.6 Å². The lowest BCUT2D eigenvalue weighted by atomic mass is 10.1. The Morgan fingerprint density at radius 3 is 2.73 bits per heavy atom. The molecule has 0 aliphatic heterocycles. The minimum Gasteiger partial charge on any atom is -0.362 e. The summed E-state index contributed by atoms with van der Waals surface area (Å²) in [5, 5.41) is 11.2. The van der Waals surface area contributed by atoms with E-state index in [4.69, 9.17) is 0 Å². The number of anilines is 1. The highest BCUT2D eigenvalue weighted by molar-refractivity contribution is 7.17. The van der Waals surface area contributed by atoms with Crippen molar-refractivity contribution in [2.75, 3.05) is 11.9 Å². The van der Waals surface area contributed by atoms with Crippen molar-refractivity contribution in [3.63, 3.8) is 0 Å². The van der Waals surface area contributed by atoms with Gasteiger partial charge in [0.15, 0.2) is 5.13 Å². The van der Waals surface area contributed by atoms with Gasteiger partial charge in [-0.2, -0.15) is 5.10 Å². The van der Waals surface area contributed by atoms with Crippen LogP contribution in [0.3, 0.4) is 0 Å². The van der Waals surface area contributed by atoms with Crippen molar-refractivity contribution in [3.8, 4) is 5.69 Å². The lowest BCUT2D eigenvalue weighted by Crippen LogP contribution is -2.26. The molecule has 26 heavy (non-hydrogen) atoms. The zero-order chi connectivity index (χ0) is 18.7. The fraction of sp³-hybridized carbons (Fsp3) is 0.278. The van der Waals surface area contributed by atoms with E-state index in [1.165, 1.54) is 23.5 Å². The number of halogens is 1. The van der Waals surface area contributed by atoms with Crippen molar-refractivity contribution in [1.82, 2.24) is 20.1 Å². The third kappa shape index (κ3) is 3.75. The first-order chi connectivity index (χ1) is 12.5. The van der Waals surface area contributed by atoms with E-state index in [9.17, 15) is 9.18 Å². The third-order valence-corrected chi connectivity index (χ3v) is 4.94. The number of nitrogens with zero attached hydrogens (tertiary/aromatic N) is 3. The Kier molecular flexibility index (Phi) is 5.32. The summed E-state index contributed by atoms with van der Waals surface area (Å²) in [4.78, 5) is 17.2. The molecular formula is C18H20FN5OS.